The van der Waals surface area contributed by atoms with Crippen LogP contribution in [0.2, 0.25) is 0 Å². The Morgan fingerprint density at radius 2 is 2.00 bits per heavy atom. The molecule has 0 bridgehead atoms. The molecule has 0 radical (unpaired) electrons. The van der Waals surface area contributed by atoms with Gasteiger partial charge < -0.3 is 9.15 Å². The molecule has 3 aromatic heterocycles. The maximum atomic E-state index is 12.4. The summed E-state index contributed by atoms with van der Waals surface area (Å²) in [6.07, 6.45) is 0. The zero-order valence-corrected chi connectivity index (χ0v) is 16.5. The number of esters is 1. The largest absolute Gasteiger partial charge is 0.451 e. The highest BCUT2D eigenvalue weighted by Gasteiger charge is 2.19. The Bertz CT molecular complexity index is 1170. The first kappa shape index (κ1) is 18.9. The van der Waals surface area contributed by atoms with E-state index in [9.17, 15) is 14.9 Å². The van der Waals surface area contributed by atoms with Gasteiger partial charge in [0.25, 0.3) is 11.6 Å². The fourth-order valence-electron chi connectivity index (χ4n) is 2.44. The highest BCUT2D eigenvalue weighted by molar-refractivity contribution is 7.17. The van der Waals surface area contributed by atoms with Crippen molar-refractivity contribution in [2.45, 2.75) is 13.5 Å². The number of hydrogen-bond acceptors (Lipinski definition) is 10. The first-order valence-electron chi connectivity index (χ1n) is 8.25. The average molecular weight is 428 g/mol. The van der Waals surface area contributed by atoms with E-state index in [0.29, 0.717) is 16.1 Å². The zero-order chi connectivity index (χ0) is 20.4. The Kier molecular flexibility index (Phi) is 5.14. The highest BCUT2D eigenvalue weighted by Crippen LogP contribution is 2.30. The molecule has 0 atom stereocenters. The first-order valence-corrected chi connectivity index (χ1v) is 10.0. The van der Waals surface area contributed by atoms with E-state index in [1.807, 2.05) is 16.8 Å². The number of carbonyl (C=O) groups is 1. The minimum Gasteiger partial charge on any atom is -0.451 e. The standard InChI is InChI=1S/C18H12N4O5S2/c1-10-15(29-17(19-10)12-6-7-28-9-12)18(23)26-8-14-20-21-16(27-14)11-2-4-13(5-3-11)22(24)25/h2-7,9H,8H2,1H3. The fourth-order valence-corrected chi connectivity index (χ4v) is 4.11. The van der Waals surface area contributed by atoms with Gasteiger partial charge in [-0.1, -0.05) is 0 Å². The summed E-state index contributed by atoms with van der Waals surface area (Å²) in [5.41, 5.74) is 2.05. The van der Waals surface area contributed by atoms with Gasteiger partial charge in [-0.15, -0.1) is 21.5 Å². The van der Waals surface area contributed by atoms with Crippen LogP contribution >= 0.6 is 22.7 Å². The third kappa shape index (κ3) is 4.05. The molecule has 0 aliphatic heterocycles. The van der Waals surface area contributed by atoms with Crippen molar-refractivity contribution in [2.75, 3.05) is 0 Å². The second-order valence-corrected chi connectivity index (χ2v) is 7.61. The molecule has 4 aromatic rings. The number of nitro benzene ring substituents is 1. The Labute approximate surface area is 171 Å². The molecule has 0 spiro atoms. The van der Waals surface area contributed by atoms with Gasteiger partial charge in [0, 0.05) is 28.6 Å². The van der Waals surface area contributed by atoms with Gasteiger partial charge in [-0.05, 0) is 30.5 Å². The monoisotopic (exact) mass is 428 g/mol. The van der Waals surface area contributed by atoms with E-state index in [4.69, 9.17) is 9.15 Å². The molecule has 0 unspecified atom stereocenters. The minimum absolute atomic E-state index is 0.0378. The molecule has 9 nitrogen and oxygen atoms in total. The van der Waals surface area contributed by atoms with E-state index in [1.165, 1.54) is 35.6 Å². The smallest absolute Gasteiger partial charge is 0.350 e. The lowest BCUT2D eigenvalue weighted by atomic mass is 10.2. The van der Waals surface area contributed by atoms with Crippen LogP contribution in [0, 0.1) is 17.0 Å². The van der Waals surface area contributed by atoms with Gasteiger partial charge in [0.2, 0.25) is 5.89 Å². The molecule has 3 heterocycles. The van der Waals surface area contributed by atoms with Crippen molar-refractivity contribution >= 4 is 34.3 Å². The number of hydrogen-bond donors (Lipinski definition) is 0. The number of nitro groups is 1. The summed E-state index contributed by atoms with van der Waals surface area (Å²) >= 11 is 2.82. The summed E-state index contributed by atoms with van der Waals surface area (Å²) in [7, 11) is 0. The number of ether oxygens (including phenoxy) is 1. The van der Waals surface area contributed by atoms with Crippen LogP contribution in [0.15, 0.2) is 45.5 Å². The van der Waals surface area contributed by atoms with Crippen molar-refractivity contribution in [1.29, 1.82) is 0 Å². The number of nitrogens with zero attached hydrogens (tertiary/aromatic N) is 4. The third-order valence-corrected chi connectivity index (χ3v) is 5.74. The number of thiazole rings is 1. The van der Waals surface area contributed by atoms with Gasteiger partial charge in [0.1, 0.15) is 9.88 Å². The van der Waals surface area contributed by atoms with Crippen molar-refractivity contribution in [1.82, 2.24) is 15.2 Å². The Morgan fingerprint density at radius 1 is 1.21 bits per heavy atom. The van der Waals surface area contributed by atoms with Crippen LogP contribution in [0.1, 0.15) is 21.3 Å². The molecular weight excluding hydrogens is 416 g/mol. The maximum Gasteiger partial charge on any atom is 0.350 e. The SMILES string of the molecule is Cc1nc(-c2ccsc2)sc1C(=O)OCc1nnc(-c2ccc([N+](=O)[O-])cc2)o1. The fraction of sp³-hybridized carbons (Fsp3) is 0.111. The van der Waals surface area contributed by atoms with E-state index in [2.05, 4.69) is 15.2 Å². The number of aryl methyl sites for hydroxylation is 1. The molecule has 1 aromatic carbocycles. The molecule has 11 heteroatoms. The molecule has 0 amide bonds. The van der Waals surface area contributed by atoms with Gasteiger partial charge in [-0.2, -0.15) is 11.3 Å². The average Bonchev–Trinajstić information content (AvgIpc) is 3.46. The molecule has 29 heavy (non-hydrogen) atoms. The van der Waals surface area contributed by atoms with Crippen LogP contribution < -0.4 is 0 Å². The van der Waals surface area contributed by atoms with Crippen molar-refractivity contribution in [3.8, 4) is 22.0 Å². The topological polar surface area (TPSA) is 121 Å². The number of thiophene rings is 1. The quantitative estimate of drug-likeness (QED) is 0.250. The molecule has 0 aliphatic carbocycles. The second-order valence-electron chi connectivity index (χ2n) is 5.83. The van der Waals surface area contributed by atoms with Crippen LogP contribution in [0.25, 0.3) is 22.0 Å². The minimum atomic E-state index is -0.517. The van der Waals surface area contributed by atoms with Crippen LogP contribution in [-0.4, -0.2) is 26.1 Å². The van der Waals surface area contributed by atoms with Gasteiger partial charge in [-0.25, -0.2) is 9.78 Å². The molecular formula is C18H12N4O5S2. The maximum absolute atomic E-state index is 12.4. The van der Waals surface area contributed by atoms with Crippen LogP contribution in [0.5, 0.6) is 0 Å². The van der Waals surface area contributed by atoms with Gasteiger partial charge in [0.05, 0.1) is 10.6 Å². The Morgan fingerprint density at radius 3 is 2.69 bits per heavy atom. The summed E-state index contributed by atoms with van der Waals surface area (Å²) in [4.78, 5) is 27.5. The molecule has 0 fully saturated rings. The van der Waals surface area contributed by atoms with Gasteiger partial charge in [0.15, 0.2) is 6.61 Å². The summed E-state index contributed by atoms with van der Waals surface area (Å²) in [5.74, 6) is -0.219. The van der Waals surface area contributed by atoms with E-state index in [-0.39, 0.29) is 24.1 Å². The molecule has 146 valence electrons. The first-order chi connectivity index (χ1) is 14.0. The van der Waals surface area contributed by atoms with Crippen LogP contribution in [-0.2, 0) is 11.3 Å². The van der Waals surface area contributed by atoms with Gasteiger partial charge >= 0.3 is 5.97 Å². The predicted octanol–water partition coefficient (Wildman–Crippen LogP) is 4.50. The number of non-ortho nitro benzene ring substituents is 1. The summed E-state index contributed by atoms with van der Waals surface area (Å²) in [6.45, 7) is 1.56. The second kappa shape index (κ2) is 7.89. The summed E-state index contributed by atoms with van der Waals surface area (Å²) < 4.78 is 10.7. The number of benzene rings is 1. The number of rotatable bonds is 6. The van der Waals surface area contributed by atoms with Gasteiger partial charge in [-0.3, -0.25) is 10.1 Å². The molecule has 0 saturated heterocycles. The van der Waals surface area contributed by atoms with Crippen LogP contribution in [0.3, 0.4) is 0 Å². The lowest BCUT2D eigenvalue weighted by molar-refractivity contribution is -0.384. The Balaban J connectivity index is 1.42. The van der Waals surface area contributed by atoms with Crippen LogP contribution in [0.4, 0.5) is 5.69 Å². The third-order valence-electron chi connectivity index (χ3n) is 3.87. The normalized spacial score (nSPS) is 10.8. The van der Waals surface area contributed by atoms with Crippen molar-refractivity contribution < 1.29 is 18.9 Å². The van der Waals surface area contributed by atoms with Crippen molar-refractivity contribution in [3.05, 3.63) is 67.7 Å². The lowest BCUT2D eigenvalue weighted by Crippen LogP contribution is -2.05. The lowest BCUT2D eigenvalue weighted by Gasteiger charge is -2.00. The van der Waals surface area contributed by atoms with E-state index in [1.54, 1.807) is 18.3 Å². The number of carbonyl (C=O) groups excluding carboxylic acids is 1. The highest BCUT2D eigenvalue weighted by atomic mass is 32.1. The zero-order valence-electron chi connectivity index (χ0n) is 14.9. The van der Waals surface area contributed by atoms with E-state index >= 15 is 0 Å². The van der Waals surface area contributed by atoms with E-state index < -0.39 is 10.9 Å². The molecule has 0 aliphatic rings. The number of aromatic nitrogens is 3. The molecule has 0 N–H and O–H groups in total. The molecule has 0 saturated carbocycles. The molecule has 4 rings (SSSR count). The predicted molar refractivity (Wildman–Crippen MR) is 106 cm³/mol. The Hall–Kier alpha value is -3.44. The van der Waals surface area contributed by atoms with Crippen molar-refractivity contribution in [2.24, 2.45) is 0 Å². The van der Waals surface area contributed by atoms with E-state index in [0.717, 1.165) is 10.6 Å². The summed E-state index contributed by atoms with van der Waals surface area (Å²) in [5, 5.41) is 23.1. The van der Waals surface area contributed by atoms with Crippen molar-refractivity contribution in [3.63, 3.8) is 0 Å². The summed E-state index contributed by atoms with van der Waals surface area (Å²) in [6, 6.07) is 7.64.